The Kier molecular flexibility index (Phi) is 8.52. The molecule has 1 saturated heterocycles. The number of carbonyl (C=O) groups is 4. The zero-order valence-electron chi connectivity index (χ0n) is 18.8. The van der Waals surface area contributed by atoms with Gasteiger partial charge in [0.15, 0.2) is 18.1 Å². The summed E-state index contributed by atoms with van der Waals surface area (Å²) in [5.41, 5.74) is 0.917. The van der Waals surface area contributed by atoms with E-state index in [-0.39, 0.29) is 23.0 Å². The van der Waals surface area contributed by atoms with Gasteiger partial charge in [-0.25, -0.2) is 9.18 Å². The van der Waals surface area contributed by atoms with Gasteiger partial charge in [-0.2, -0.15) is 0 Å². The molecule has 2 aromatic carbocycles. The van der Waals surface area contributed by atoms with E-state index in [1.165, 1.54) is 51.5 Å². The van der Waals surface area contributed by atoms with E-state index >= 15 is 0 Å². The fourth-order valence-corrected chi connectivity index (χ4v) is 4.37. The number of carbonyl (C=O) groups excluding carboxylic acids is 4. The summed E-state index contributed by atoms with van der Waals surface area (Å²) in [5, 5.41) is 1.99. The highest BCUT2D eigenvalue weighted by atomic mass is 79.9. The van der Waals surface area contributed by atoms with Crippen molar-refractivity contribution in [2.75, 3.05) is 26.1 Å². The number of methoxy groups -OCH3 is 2. The number of benzene rings is 2. The fraction of sp³-hybridized carbons (Fsp3) is 0.217. The Morgan fingerprint density at radius 3 is 2.49 bits per heavy atom. The average molecular weight is 567 g/mol. The van der Waals surface area contributed by atoms with Gasteiger partial charge in [-0.15, -0.1) is 0 Å². The van der Waals surface area contributed by atoms with Crippen LogP contribution in [-0.4, -0.2) is 54.8 Å². The van der Waals surface area contributed by atoms with Crippen molar-refractivity contribution in [2.24, 2.45) is 0 Å². The molecule has 1 heterocycles. The van der Waals surface area contributed by atoms with Crippen molar-refractivity contribution in [2.45, 2.75) is 13.0 Å². The van der Waals surface area contributed by atoms with Crippen LogP contribution in [0.4, 0.5) is 14.9 Å². The van der Waals surface area contributed by atoms with Gasteiger partial charge in [0.2, 0.25) is 0 Å². The molecular weight excluding hydrogens is 547 g/mol. The minimum atomic E-state index is -1.06. The lowest BCUT2D eigenvalue weighted by Gasteiger charge is -2.18. The highest BCUT2D eigenvalue weighted by molar-refractivity contribution is 9.10. The molecule has 3 amide bonds. The van der Waals surface area contributed by atoms with Gasteiger partial charge in [-0.3, -0.25) is 19.3 Å². The van der Waals surface area contributed by atoms with E-state index in [4.69, 9.17) is 9.47 Å². The summed E-state index contributed by atoms with van der Waals surface area (Å²) < 4.78 is 29.0. The van der Waals surface area contributed by atoms with Crippen LogP contribution in [0, 0.1) is 5.82 Å². The van der Waals surface area contributed by atoms with E-state index in [9.17, 15) is 23.6 Å². The summed E-state index contributed by atoms with van der Waals surface area (Å²) in [7, 11) is 2.58. The Labute approximate surface area is 212 Å². The lowest BCUT2D eigenvalue weighted by molar-refractivity contribution is -0.148. The van der Waals surface area contributed by atoms with E-state index in [0.717, 1.165) is 4.90 Å². The molecule has 0 spiro atoms. The van der Waals surface area contributed by atoms with Crippen molar-refractivity contribution in [3.8, 4) is 11.5 Å². The van der Waals surface area contributed by atoms with Gasteiger partial charge in [-0.1, -0.05) is 15.9 Å². The SMILES string of the molecule is COC(=O)[C@H](C)N1C(=O)S/C(=C/c2cc(OC)c(OCC(=O)Nc3ccc(F)cc3)cc2Br)C1=O. The largest absolute Gasteiger partial charge is 0.493 e. The van der Waals surface area contributed by atoms with E-state index in [1.807, 2.05) is 0 Å². The average Bonchev–Trinajstić information content (AvgIpc) is 3.11. The fourth-order valence-electron chi connectivity index (χ4n) is 3.04. The minimum absolute atomic E-state index is 0.112. The molecular formula is C23H20BrFN2O7S. The van der Waals surface area contributed by atoms with Crippen molar-refractivity contribution >= 4 is 62.5 Å². The van der Waals surface area contributed by atoms with Crippen molar-refractivity contribution in [3.05, 3.63) is 57.2 Å². The molecule has 1 aliphatic heterocycles. The van der Waals surface area contributed by atoms with Crippen LogP contribution in [0.25, 0.3) is 6.08 Å². The zero-order valence-corrected chi connectivity index (χ0v) is 21.2. The van der Waals surface area contributed by atoms with Gasteiger partial charge in [0.05, 0.1) is 19.1 Å². The zero-order chi connectivity index (χ0) is 25.7. The number of nitrogens with zero attached hydrogens (tertiary/aromatic N) is 1. The quantitative estimate of drug-likeness (QED) is 0.373. The third-order valence-corrected chi connectivity index (χ3v) is 6.38. The van der Waals surface area contributed by atoms with Crippen LogP contribution in [0.15, 0.2) is 45.8 Å². The molecule has 1 aliphatic rings. The molecule has 0 bridgehead atoms. The number of rotatable bonds is 8. The first-order chi connectivity index (χ1) is 16.6. The number of anilines is 1. The van der Waals surface area contributed by atoms with E-state index < -0.39 is 34.9 Å². The molecule has 184 valence electrons. The van der Waals surface area contributed by atoms with Gasteiger partial charge >= 0.3 is 5.97 Å². The third kappa shape index (κ3) is 6.20. The number of halogens is 2. The molecule has 0 saturated carbocycles. The maximum absolute atomic E-state index is 13.0. The Hall–Kier alpha value is -3.38. The Morgan fingerprint density at radius 1 is 1.17 bits per heavy atom. The molecule has 35 heavy (non-hydrogen) atoms. The standard InChI is InChI=1S/C23H20BrFN2O7S/c1-12(22(30)33-3)27-21(29)19(35-23(27)31)9-13-8-17(32-2)18(10-16(13)24)34-11-20(28)26-15-6-4-14(25)5-7-15/h4-10,12H,11H2,1-3H3,(H,26,28)/b19-9+/t12-/m0/s1. The van der Waals surface area contributed by atoms with Crippen LogP contribution in [0.3, 0.4) is 0 Å². The van der Waals surface area contributed by atoms with Crippen molar-refractivity contribution < 1.29 is 37.8 Å². The molecule has 0 unspecified atom stereocenters. The summed E-state index contributed by atoms with van der Waals surface area (Å²) >= 11 is 4.09. The first-order valence-corrected chi connectivity index (χ1v) is 11.7. The second-order valence-electron chi connectivity index (χ2n) is 7.12. The lowest BCUT2D eigenvalue weighted by Crippen LogP contribution is -2.42. The number of imide groups is 1. The number of thioether (sulfide) groups is 1. The molecule has 3 rings (SSSR count). The highest BCUT2D eigenvalue weighted by Crippen LogP contribution is 2.38. The van der Waals surface area contributed by atoms with Gasteiger partial charge < -0.3 is 19.5 Å². The lowest BCUT2D eigenvalue weighted by atomic mass is 10.1. The molecule has 1 atom stereocenters. The molecule has 2 aromatic rings. The van der Waals surface area contributed by atoms with E-state index in [0.29, 0.717) is 27.5 Å². The van der Waals surface area contributed by atoms with E-state index in [1.54, 1.807) is 12.1 Å². The smallest absolute Gasteiger partial charge is 0.328 e. The molecule has 12 heteroatoms. The summed E-state index contributed by atoms with van der Waals surface area (Å²) in [6.45, 7) is 1.06. The van der Waals surface area contributed by atoms with Gasteiger partial charge in [0, 0.05) is 10.2 Å². The van der Waals surface area contributed by atoms with E-state index in [2.05, 4.69) is 26.0 Å². The maximum atomic E-state index is 13.0. The number of esters is 1. The maximum Gasteiger partial charge on any atom is 0.328 e. The van der Waals surface area contributed by atoms with Gasteiger partial charge in [0.1, 0.15) is 11.9 Å². The first-order valence-electron chi connectivity index (χ1n) is 10.0. The summed E-state index contributed by atoms with van der Waals surface area (Å²) in [4.78, 5) is 49.9. The first kappa shape index (κ1) is 26.2. The minimum Gasteiger partial charge on any atom is -0.493 e. The highest BCUT2D eigenvalue weighted by Gasteiger charge is 2.41. The molecule has 0 radical (unpaired) electrons. The number of hydrogen-bond donors (Lipinski definition) is 1. The van der Waals surface area contributed by atoms with Crippen LogP contribution >= 0.6 is 27.7 Å². The summed E-state index contributed by atoms with van der Waals surface area (Å²) in [5.74, 6) is -1.69. The van der Waals surface area contributed by atoms with Crippen LogP contribution in [0.1, 0.15) is 12.5 Å². The molecule has 0 aromatic heterocycles. The van der Waals surface area contributed by atoms with Crippen molar-refractivity contribution in [1.82, 2.24) is 4.90 Å². The Bertz CT molecular complexity index is 1200. The second-order valence-corrected chi connectivity index (χ2v) is 8.97. The number of amides is 3. The Balaban J connectivity index is 1.75. The van der Waals surface area contributed by atoms with Crippen LogP contribution in [0.5, 0.6) is 11.5 Å². The van der Waals surface area contributed by atoms with Gasteiger partial charge in [-0.05, 0) is 66.7 Å². The molecule has 1 fully saturated rings. The molecule has 9 nitrogen and oxygen atoms in total. The molecule has 1 N–H and O–H groups in total. The predicted octanol–water partition coefficient (Wildman–Crippen LogP) is 4.21. The predicted molar refractivity (Wildman–Crippen MR) is 131 cm³/mol. The monoisotopic (exact) mass is 566 g/mol. The second kappa shape index (κ2) is 11.4. The molecule has 0 aliphatic carbocycles. The van der Waals surface area contributed by atoms with Gasteiger partial charge in [0.25, 0.3) is 17.1 Å². The number of hydrogen-bond acceptors (Lipinski definition) is 8. The summed E-state index contributed by atoms with van der Waals surface area (Å²) in [6.07, 6.45) is 1.48. The van der Waals surface area contributed by atoms with Crippen LogP contribution in [-0.2, 0) is 19.1 Å². The number of nitrogens with one attached hydrogen (secondary N) is 1. The van der Waals surface area contributed by atoms with Crippen LogP contribution < -0.4 is 14.8 Å². The third-order valence-electron chi connectivity index (χ3n) is 4.81. The topological polar surface area (TPSA) is 111 Å². The van der Waals surface area contributed by atoms with Crippen LogP contribution in [0.2, 0.25) is 0 Å². The Morgan fingerprint density at radius 2 is 1.86 bits per heavy atom. The number of ether oxygens (including phenoxy) is 3. The van der Waals surface area contributed by atoms with Crippen molar-refractivity contribution in [1.29, 1.82) is 0 Å². The summed E-state index contributed by atoms with van der Waals surface area (Å²) in [6, 6.07) is 7.35. The van der Waals surface area contributed by atoms with Crippen molar-refractivity contribution in [3.63, 3.8) is 0 Å². The normalized spacial score (nSPS) is 15.2.